The number of fused-ring (bicyclic) bond motifs is 1. The smallest absolute Gasteiger partial charge is 0.250 e. The molecule has 4 rings (SSSR count). The molecule has 0 saturated carbocycles. The van der Waals surface area contributed by atoms with E-state index in [0.717, 1.165) is 40.2 Å². The first-order valence-electron chi connectivity index (χ1n) is 10.9. The van der Waals surface area contributed by atoms with Gasteiger partial charge in [-0.15, -0.1) is 0 Å². The predicted octanol–water partition coefficient (Wildman–Crippen LogP) is 4.81. The number of rotatable bonds is 8. The third-order valence-electron chi connectivity index (χ3n) is 5.48. The Morgan fingerprint density at radius 3 is 2.62 bits per heavy atom. The number of nitrogen functional groups attached to an aromatic ring is 1. The van der Waals surface area contributed by atoms with Crippen molar-refractivity contribution >= 4 is 24.7 Å². The molecule has 2 N–H and O–H groups in total. The van der Waals surface area contributed by atoms with Crippen molar-refractivity contribution in [1.82, 2.24) is 14.3 Å². The average molecular weight is 447 g/mol. The lowest BCUT2D eigenvalue weighted by atomic mass is 10.1. The molecule has 0 amide bonds. The number of anilines is 1. The zero-order valence-corrected chi connectivity index (χ0v) is 19.9. The van der Waals surface area contributed by atoms with Crippen LogP contribution in [0.4, 0.5) is 5.69 Å². The SMILES string of the molecule is C[Si](C)(C)CCOCn1ncc2ccc(-c3ccc(=O)n(Cc4cccc(N)c4)c3)cc21. The van der Waals surface area contributed by atoms with Gasteiger partial charge in [-0.25, -0.2) is 4.68 Å². The number of nitrogens with zero attached hydrogens (tertiary/aromatic N) is 3. The Morgan fingerprint density at radius 1 is 1.03 bits per heavy atom. The Balaban J connectivity index is 1.57. The second-order valence-corrected chi connectivity index (χ2v) is 15.0. The van der Waals surface area contributed by atoms with Crippen molar-refractivity contribution in [3.8, 4) is 11.1 Å². The van der Waals surface area contributed by atoms with Crippen LogP contribution in [-0.2, 0) is 18.0 Å². The highest BCUT2D eigenvalue weighted by Gasteiger charge is 2.12. The van der Waals surface area contributed by atoms with E-state index in [-0.39, 0.29) is 5.56 Å². The Hall–Kier alpha value is -3.16. The number of hydrogen-bond acceptors (Lipinski definition) is 4. The van der Waals surface area contributed by atoms with Gasteiger partial charge in [0, 0.05) is 38.0 Å². The van der Waals surface area contributed by atoms with E-state index in [1.807, 2.05) is 47.4 Å². The summed E-state index contributed by atoms with van der Waals surface area (Å²) in [5.74, 6) is 0. The topological polar surface area (TPSA) is 75.1 Å². The largest absolute Gasteiger partial charge is 0.399 e. The van der Waals surface area contributed by atoms with Crippen LogP contribution in [-0.4, -0.2) is 29.0 Å². The molecule has 0 radical (unpaired) electrons. The highest BCUT2D eigenvalue weighted by Crippen LogP contribution is 2.24. The third-order valence-corrected chi connectivity index (χ3v) is 7.18. The molecule has 0 fully saturated rings. The first kappa shape index (κ1) is 22.0. The van der Waals surface area contributed by atoms with Crippen LogP contribution in [0, 0.1) is 0 Å². The van der Waals surface area contributed by atoms with E-state index in [9.17, 15) is 4.79 Å². The number of nitrogens with two attached hydrogens (primary N) is 1. The van der Waals surface area contributed by atoms with E-state index in [0.29, 0.717) is 19.0 Å². The molecular weight excluding hydrogens is 416 g/mol. The molecule has 32 heavy (non-hydrogen) atoms. The van der Waals surface area contributed by atoms with Crippen molar-refractivity contribution in [1.29, 1.82) is 0 Å². The zero-order valence-electron chi connectivity index (χ0n) is 18.9. The van der Waals surface area contributed by atoms with Gasteiger partial charge in [-0.3, -0.25) is 4.79 Å². The number of benzene rings is 2. The Kier molecular flexibility index (Phi) is 6.30. The fourth-order valence-corrected chi connectivity index (χ4v) is 4.35. The predicted molar refractivity (Wildman–Crippen MR) is 133 cm³/mol. The molecule has 0 aliphatic rings. The summed E-state index contributed by atoms with van der Waals surface area (Å²) in [6, 6.07) is 18.5. The normalized spacial score (nSPS) is 11.8. The summed E-state index contributed by atoms with van der Waals surface area (Å²) in [4.78, 5) is 12.4. The van der Waals surface area contributed by atoms with Crippen LogP contribution in [0.25, 0.3) is 22.0 Å². The van der Waals surface area contributed by atoms with Gasteiger partial charge < -0.3 is 15.0 Å². The first-order chi connectivity index (χ1) is 15.3. The van der Waals surface area contributed by atoms with Crippen molar-refractivity contribution in [2.45, 2.75) is 39.0 Å². The monoisotopic (exact) mass is 446 g/mol. The summed E-state index contributed by atoms with van der Waals surface area (Å²) in [6.07, 6.45) is 3.76. The van der Waals surface area contributed by atoms with Gasteiger partial charge in [0.2, 0.25) is 0 Å². The molecule has 0 bridgehead atoms. The molecule has 0 spiro atoms. The van der Waals surface area contributed by atoms with Gasteiger partial charge in [-0.05, 0) is 47.0 Å². The Morgan fingerprint density at radius 2 is 1.84 bits per heavy atom. The van der Waals surface area contributed by atoms with Crippen LogP contribution >= 0.6 is 0 Å². The molecule has 7 heteroatoms. The number of ether oxygens (including phenoxy) is 1. The minimum atomic E-state index is -1.12. The van der Waals surface area contributed by atoms with Crippen LogP contribution in [0.2, 0.25) is 25.7 Å². The number of aromatic nitrogens is 3. The van der Waals surface area contributed by atoms with Gasteiger partial charge in [-0.1, -0.05) is 43.9 Å². The molecule has 6 nitrogen and oxygen atoms in total. The molecule has 0 aliphatic heterocycles. The van der Waals surface area contributed by atoms with Crippen molar-refractivity contribution in [3.63, 3.8) is 0 Å². The lowest BCUT2D eigenvalue weighted by Crippen LogP contribution is -2.22. The van der Waals surface area contributed by atoms with Gasteiger partial charge in [0.25, 0.3) is 5.56 Å². The molecule has 0 saturated heterocycles. The van der Waals surface area contributed by atoms with E-state index >= 15 is 0 Å². The fraction of sp³-hybridized carbons (Fsp3) is 0.280. The molecule has 2 aromatic heterocycles. The van der Waals surface area contributed by atoms with Gasteiger partial charge in [-0.2, -0.15) is 5.10 Å². The number of hydrogen-bond donors (Lipinski definition) is 1. The minimum absolute atomic E-state index is 0.0434. The molecule has 166 valence electrons. The van der Waals surface area contributed by atoms with Crippen molar-refractivity contribution in [2.24, 2.45) is 0 Å². The van der Waals surface area contributed by atoms with Gasteiger partial charge in [0.1, 0.15) is 6.73 Å². The summed E-state index contributed by atoms with van der Waals surface area (Å²) in [7, 11) is -1.12. The van der Waals surface area contributed by atoms with Crippen molar-refractivity contribution in [3.05, 3.63) is 82.9 Å². The maximum atomic E-state index is 12.4. The third kappa shape index (κ3) is 5.36. The van der Waals surface area contributed by atoms with Gasteiger partial charge >= 0.3 is 0 Å². The van der Waals surface area contributed by atoms with Crippen LogP contribution in [0.5, 0.6) is 0 Å². The van der Waals surface area contributed by atoms with Crippen LogP contribution in [0.3, 0.4) is 0 Å². The highest BCUT2D eigenvalue weighted by atomic mass is 28.3. The maximum absolute atomic E-state index is 12.4. The molecule has 2 aromatic carbocycles. The summed E-state index contributed by atoms with van der Waals surface area (Å²) < 4.78 is 9.51. The summed E-state index contributed by atoms with van der Waals surface area (Å²) in [5.41, 5.74) is 10.6. The molecule has 0 aliphatic carbocycles. The lowest BCUT2D eigenvalue weighted by molar-refractivity contribution is 0.0817. The van der Waals surface area contributed by atoms with E-state index < -0.39 is 8.07 Å². The average Bonchev–Trinajstić information content (AvgIpc) is 3.14. The minimum Gasteiger partial charge on any atom is -0.399 e. The molecule has 0 atom stereocenters. The van der Waals surface area contributed by atoms with E-state index in [2.05, 4.69) is 42.9 Å². The van der Waals surface area contributed by atoms with Crippen molar-refractivity contribution in [2.75, 3.05) is 12.3 Å². The first-order valence-corrected chi connectivity index (χ1v) is 14.6. The van der Waals surface area contributed by atoms with E-state index in [4.69, 9.17) is 10.5 Å². The molecule has 0 unspecified atom stereocenters. The van der Waals surface area contributed by atoms with Gasteiger partial charge in [0.05, 0.1) is 18.3 Å². The summed E-state index contributed by atoms with van der Waals surface area (Å²) in [5, 5.41) is 5.56. The summed E-state index contributed by atoms with van der Waals surface area (Å²) in [6.45, 7) is 8.70. The van der Waals surface area contributed by atoms with E-state index in [1.165, 1.54) is 0 Å². The maximum Gasteiger partial charge on any atom is 0.250 e. The van der Waals surface area contributed by atoms with Gasteiger partial charge in [0.15, 0.2) is 0 Å². The lowest BCUT2D eigenvalue weighted by Gasteiger charge is -2.15. The van der Waals surface area contributed by atoms with Crippen LogP contribution in [0.15, 0.2) is 71.8 Å². The standard InChI is InChI=1S/C25H30N4O2Si/c1-32(2,3)12-11-31-18-29-24-14-20(7-8-21(24)15-27-29)22-9-10-25(30)28(17-22)16-19-5-4-6-23(26)13-19/h4-10,13-15,17H,11-12,16,18,26H2,1-3H3. The number of pyridine rings is 1. The van der Waals surface area contributed by atoms with Crippen LogP contribution < -0.4 is 11.3 Å². The molecular formula is C25H30N4O2Si. The second kappa shape index (κ2) is 9.14. The highest BCUT2D eigenvalue weighted by molar-refractivity contribution is 6.76. The van der Waals surface area contributed by atoms with E-state index in [1.54, 1.807) is 10.6 Å². The fourth-order valence-electron chi connectivity index (χ4n) is 3.60. The van der Waals surface area contributed by atoms with Crippen molar-refractivity contribution < 1.29 is 4.74 Å². The van der Waals surface area contributed by atoms with Crippen LogP contribution in [0.1, 0.15) is 5.56 Å². The Bertz CT molecular complexity index is 1290. The quantitative estimate of drug-likeness (QED) is 0.239. The molecule has 4 aromatic rings. The Labute approximate surface area is 189 Å². The zero-order chi connectivity index (χ0) is 22.7. The summed E-state index contributed by atoms with van der Waals surface area (Å²) >= 11 is 0. The second-order valence-electron chi connectivity index (χ2n) is 9.39. The molecule has 2 heterocycles.